The summed E-state index contributed by atoms with van der Waals surface area (Å²) in [5.74, 6) is 1.84. The van der Waals surface area contributed by atoms with Gasteiger partial charge in [-0.2, -0.15) is 0 Å². The van der Waals surface area contributed by atoms with Crippen molar-refractivity contribution in [3.8, 4) is 11.5 Å². The Bertz CT molecular complexity index is 670. The van der Waals surface area contributed by atoms with Crippen molar-refractivity contribution in [2.75, 3.05) is 21.3 Å². The van der Waals surface area contributed by atoms with Gasteiger partial charge in [0.25, 0.3) is 0 Å². The van der Waals surface area contributed by atoms with Gasteiger partial charge < -0.3 is 9.47 Å². The third kappa shape index (κ3) is 3.64. The summed E-state index contributed by atoms with van der Waals surface area (Å²) in [6.07, 6.45) is 1.88. The van der Waals surface area contributed by atoms with Crippen LogP contribution in [0.15, 0.2) is 30.5 Å². The molecule has 0 aliphatic heterocycles. The molecule has 0 fully saturated rings. The lowest BCUT2D eigenvalue weighted by molar-refractivity contribution is 0.243. The predicted molar refractivity (Wildman–Crippen MR) is 93.1 cm³/mol. The number of hydrogen-bond donors (Lipinski definition) is 0. The summed E-state index contributed by atoms with van der Waals surface area (Å²) < 4.78 is 11.0. The number of aryl methyl sites for hydroxylation is 1. The van der Waals surface area contributed by atoms with E-state index in [0.717, 1.165) is 34.9 Å². The molecule has 4 heteroatoms. The van der Waals surface area contributed by atoms with E-state index in [-0.39, 0.29) is 6.04 Å². The summed E-state index contributed by atoms with van der Waals surface area (Å²) in [5, 5.41) is 0. The molecular weight excluding hydrogens is 288 g/mol. The topological polar surface area (TPSA) is 34.6 Å². The average Bonchev–Trinajstić information content (AvgIpc) is 2.57. The molecule has 1 atom stereocenters. The van der Waals surface area contributed by atoms with Gasteiger partial charge in [-0.15, -0.1) is 0 Å². The van der Waals surface area contributed by atoms with Crippen molar-refractivity contribution < 1.29 is 9.47 Å². The van der Waals surface area contributed by atoms with Gasteiger partial charge >= 0.3 is 0 Å². The van der Waals surface area contributed by atoms with Crippen LogP contribution in [-0.4, -0.2) is 31.2 Å². The molecule has 1 aromatic heterocycles. The predicted octanol–water partition coefficient (Wildman–Crippen LogP) is 3.91. The third-order valence-corrected chi connectivity index (χ3v) is 4.40. The molecular formula is C19H26N2O2. The number of aromatic nitrogens is 1. The van der Waals surface area contributed by atoms with Gasteiger partial charge in [0.2, 0.25) is 0 Å². The van der Waals surface area contributed by atoms with Crippen molar-refractivity contribution in [2.24, 2.45) is 0 Å². The zero-order chi connectivity index (χ0) is 17.0. The van der Waals surface area contributed by atoms with Gasteiger partial charge in [0.05, 0.1) is 19.9 Å². The lowest BCUT2D eigenvalue weighted by atomic mass is 10.0. The Labute approximate surface area is 139 Å². The second-order valence-electron chi connectivity index (χ2n) is 5.88. The number of ether oxygens (including phenoxy) is 2. The summed E-state index contributed by atoms with van der Waals surface area (Å²) in [4.78, 5) is 6.86. The van der Waals surface area contributed by atoms with Gasteiger partial charge in [0.15, 0.2) is 0 Å². The summed E-state index contributed by atoms with van der Waals surface area (Å²) in [7, 11) is 5.52. The Morgan fingerprint density at radius 2 is 1.83 bits per heavy atom. The summed E-state index contributed by atoms with van der Waals surface area (Å²) in [6, 6.07) is 8.36. The Morgan fingerprint density at radius 3 is 2.48 bits per heavy atom. The number of para-hydroxylation sites is 1. The maximum Gasteiger partial charge on any atom is 0.128 e. The van der Waals surface area contributed by atoms with Crippen molar-refractivity contribution in [1.82, 2.24) is 9.88 Å². The molecule has 0 saturated heterocycles. The minimum Gasteiger partial charge on any atom is -0.496 e. The normalized spacial score (nSPS) is 12.3. The number of rotatable bonds is 6. The van der Waals surface area contributed by atoms with E-state index in [2.05, 4.69) is 36.8 Å². The maximum atomic E-state index is 5.50. The molecule has 0 saturated carbocycles. The maximum absolute atomic E-state index is 5.50. The average molecular weight is 314 g/mol. The monoisotopic (exact) mass is 314 g/mol. The number of hydrogen-bond acceptors (Lipinski definition) is 4. The zero-order valence-corrected chi connectivity index (χ0v) is 14.9. The van der Waals surface area contributed by atoms with Gasteiger partial charge in [0.1, 0.15) is 11.5 Å². The first-order chi connectivity index (χ1) is 11.0. The SMILES string of the molecule is COc1ccccc1C(C)N(C)Cc1ncc(C)c(OC)c1C. The number of nitrogens with zero attached hydrogens (tertiary/aromatic N) is 2. The molecule has 0 spiro atoms. The van der Waals surface area contributed by atoms with E-state index in [1.54, 1.807) is 14.2 Å². The standard InChI is InChI=1S/C19H26N2O2/c1-13-11-20-17(14(2)19(13)23-6)12-21(4)15(3)16-9-7-8-10-18(16)22-5/h7-11,15H,12H2,1-6H3. The molecule has 0 aliphatic rings. The molecule has 2 rings (SSSR count). The van der Waals surface area contributed by atoms with E-state index in [4.69, 9.17) is 9.47 Å². The minimum absolute atomic E-state index is 0.222. The van der Waals surface area contributed by atoms with Crippen molar-refractivity contribution in [2.45, 2.75) is 33.4 Å². The molecule has 0 radical (unpaired) electrons. The minimum atomic E-state index is 0.222. The van der Waals surface area contributed by atoms with E-state index >= 15 is 0 Å². The van der Waals surface area contributed by atoms with E-state index in [1.807, 2.05) is 31.3 Å². The van der Waals surface area contributed by atoms with Crippen molar-refractivity contribution in [3.63, 3.8) is 0 Å². The number of methoxy groups -OCH3 is 2. The van der Waals surface area contributed by atoms with Crippen molar-refractivity contribution in [3.05, 3.63) is 52.8 Å². The van der Waals surface area contributed by atoms with Crippen LogP contribution < -0.4 is 9.47 Å². The Balaban J connectivity index is 2.23. The fourth-order valence-corrected chi connectivity index (χ4v) is 2.85. The van der Waals surface area contributed by atoms with Gasteiger partial charge in [-0.3, -0.25) is 9.88 Å². The molecule has 124 valence electrons. The quantitative estimate of drug-likeness (QED) is 0.810. The molecule has 1 aromatic carbocycles. The molecule has 0 amide bonds. The van der Waals surface area contributed by atoms with Crippen LogP contribution in [0.3, 0.4) is 0 Å². The highest BCUT2D eigenvalue weighted by Gasteiger charge is 2.18. The Hall–Kier alpha value is -2.07. The number of pyridine rings is 1. The van der Waals surface area contributed by atoms with Crippen LogP contribution in [-0.2, 0) is 6.54 Å². The molecule has 0 aliphatic carbocycles. The lowest BCUT2D eigenvalue weighted by Gasteiger charge is -2.27. The van der Waals surface area contributed by atoms with Crippen molar-refractivity contribution >= 4 is 0 Å². The van der Waals surface area contributed by atoms with Crippen molar-refractivity contribution in [1.29, 1.82) is 0 Å². The highest BCUT2D eigenvalue weighted by atomic mass is 16.5. The fourth-order valence-electron chi connectivity index (χ4n) is 2.85. The van der Waals surface area contributed by atoms with Crippen LogP contribution in [0.4, 0.5) is 0 Å². The summed E-state index contributed by atoms with van der Waals surface area (Å²) in [5.41, 5.74) is 4.38. The second-order valence-corrected chi connectivity index (χ2v) is 5.88. The van der Waals surface area contributed by atoms with Crippen LogP contribution in [0.2, 0.25) is 0 Å². The van der Waals surface area contributed by atoms with Crippen LogP contribution >= 0.6 is 0 Å². The van der Waals surface area contributed by atoms with Crippen LogP contribution in [0.5, 0.6) is 11.5 Å². The van der Waals surface area contributed by atoms with Gasteiger partial charge in [-0.25, -0.2) is 0 Å². The van der Waals surface area contributed by atoms with Gasteiger partial charge in [0, 0.05) is 35.5 Å². The van der Waals surface area contributed by atoms with E-state index in [0.29, 0.717) is 0 Å². The molecule has 23 heavy (non-hydrogen) atoms. The Morgan fingerprint density at radius 1 is 1.13 bits per heavy atom. The summed E-state index contributed by atoms with van der Waals surface area (Å²) >= 11 is 0. The third-order valence-electron chi connectivity index (χ3n) is 4.40. The van der Waals surface area contributed by atoms with E-state index < -0.39 is 0 Å². The Kier molecular flexibility index (Phi) is 5.61. The first kappa shape index (κ1) is 17.3. The smallest absolute Gasteiger partial charge is 0.128 e. The first-order valence-electron chi connectivity index (χ1n) is 7.81. The molecule has 0 bridgehead atoms. The van der Waals surface area contributed by atoms with E-state index in [9.17, 15) is 0 Å². The largest absolute Gasteiger partial charge is 0.496 e. The second kappa shape index (κ2) is 7.47. The lowest BCUT2D eigenvalue weighted by Crippen LogP contribution is -2.23. The van der Waals surface area contributed by atoms with Gasteiger partial charge in [-0.05, 0) is 33.9 Å². The van der Waals surface area contributed by atoms with Crippen LogP contribution in [0, 0.1) is 13.8 Å². The van der Waals surface area contributed by atoms with Crippen LogP contribution in [0.25, 0.3) is 0 Å². The molecule has 4 nitrogen and oxygen atoms in total. The first-order valence-corrected chi connectivity index (χ1v) is 7.81. The fraction of sp³-hybridized carbons (Fsp3) is 0.421. The van der Waals surface area contributed by atoms with E-state index in [1.165, 1.54) is 5.56 Å². The molecule has 1 unspecified atom stereocenters. The van der Waals surface area contributed by atoms with Gasteiger partial charge in [-0.1, -0.05) is 18.2 Å². The molecule has 2 aromatic rings. The zero-order valence-electron chi connectivity index (χ0n) is 14.9. The highest BCUT2D eigenvalue weighted by Crippen LogP contribution is 2.30. The summed E-state index contributed by atoms with van der Waals surface area (Å²) in [6.45, 7) is 7.01. The van der Waals surface area contributed by atoms with Crippen LogP contribution in [0.1, 0.15) is 35.3 Å². The molecule has 1 heterocycles. The number of benzene rings is 1. The highest BCUT2D eigenvalue weighted by molar-refractivity contribution is 5.41. The molecule has 0 N–H and O–H groups in total.